The molecule has 3 rings (SSSR count). The minimum absolute atomic E-state index is 0.258. The first kappa shape index (κ1) is 14.8. The van der Waals surface area contributed by atoms with Crippen molar-refractivity contribution in [1.82, 2.24) is 4.98 Å². The summed E-state index contributed by atoms with van der Waals surface area (Å²) < 4.78 is 5.77. The number of nitrogens with two attached hydrogens (primary N) is 1. The van der Waals surface area contributed by atoms with Crippen LogP contribution in [0.5, 0.6) is 0 Å². The van der Waals surface area contributed by atoms with Gasteiger partial charge >= 0.3 is 0 Å². The summed E-state index contributed by atoms with van der Waals surface area (Å²) in [5, 5.41) is 2.03. The second-order valence-electron chi connectivity index (χ2n) is 5.62. The Bertz CT molecular complexity index is 685. The quantitative estimate of drug-likeness (QED) is 0.941. The van der Waals surface area contributed by atoms with E-state index in [9.17, 15) is 4.79 Å². The largest absolute Gasteiger partial charge is 0.377 e. The van der Waals surface area contributed by atoms with Crippen molar-refractivity contribution >= 4 is 22.4 Å². The van der Waals surface area contributed by atoms with E-state index in [0.29, 0.717) is 5.56 Å². The van der Waals surface area contributed by atoms with Gasteiger partial charge in [-0.3, -0.25) is 9.78 Å². The molecule has 0 radical (unpaired) electrons. The molecule has 5 nitrogen and oxygen atoms in total. The molecule has 0 spiro atoms. The Labute approximate surface area is 130 Å². The number of carbonyl (C=O) groups excluding carboxylic acids is 1. The molecule has 116 valence electrons. The number of fused-ring (bicyclic) bond motifs is 1. The monoisotopic (exact) mass is 299 g/mol. The topological polar surface area (TPSA) is 68.4 Å². The third-order valence-corrected chi connectivity index (χ3v) is 4.15. The van der Waals surface area contributed by atoms with Gasteiger partial charge in [-0.2, -0.15) is 0 Å². The molecule has 2 aromatic rings. The fourth-order valence-corrected chi connectivity index (χ4v) is 3.08. The van der Waals surface area contributed by atoms with Gasteiger partial charge in [0.2, 0.25) is 5.91 Å². The van der Waals surface area contributed by atoms with Crippen molar-refractivity contribution in [3.63, 3.8) is 0 Å². The van der Waals surface area contributed by atoms with E-state index < -0.39 is 5.91 Å². The minimum Gasteiger partial charge on any atom is -0.377 e. The molecule has 2 heterocycles. The number of hydrogen-bond acceptors (Lipinski definition) is 4. The molecule has 1 fully saturated rings. The lowest BCUT2D eigenvalue weighted by Crippen LogP contribution is -2.39. The van der Waals surface area contributed by atoms with Gasteiger partial charge in [0.25, 0.3) is 0 Å². The first-order valence-corrected chi connectivity index (χ1v) is 7.73. The summed E-state index contributed by atoms with van der Waals surface area (Å²) in [6.07, 6.45) is 6.12. The average Bonchev–Trinajstić information content (AvgIpc) is 2.54. The summed E-state index contributed by atoms with van der Waals surface area (Å²) in [6, 6.07) is 5.50. The Morgan fingerprint density at radius 3 is 3.09 bits per heavy atom. The van der Waals surface area contributed by atoms with Crippen molar-refractivity contribution in [2.24, 2.45) is 5.73 Å². The van der Waals surface area contributed by atoms with Gasteiger partial charge in [0.05, 0.1) is 18.0 Å². The highest BCUT2D eigenvalue weighted by atomic mass is 16.5. The molecule has 1 aromatic carbocycles. The number of primary amides is 1. The van der Waals surface area contributed by atoms with Crippen molar-refractivity contribution in [1.29, 1.82) is 0 Å². The summed E-state index contributed by atoms with van der Waals surface area (Å²) in [7, 11) is 0. The zero-order valence-electron chi connectivity index (χ0n) is 12.8. The van der Waals surface area contributed by atoms with E-state index in [4.69, 9.17) is 10.5 Å². The smallest absolute Gasteiger partial charge is 0.248 e. The first-order valence-electron chi connectivity index (χ1n) is 7.73. The van der Waals surface area contributed by atoms with Gasteiger partial charge in [0.1, 0.15) is 0 Å². The van der Waals surface area contributed by atoms with Crippen LogP contribution in [0.3, 0.4) is 0 Å². The number of piperidine rings is 1. The van der Waals surface area contributed by atoms with Crippen LogP contribution in [-0.2, 0) is 4.74 Å². The Balaban J connectivity index is 1.98. The SMILES string of the molecule is CCOC1CCCN(c2cncc3ccc(C(N)=O)cc23)C1. The number of amides is 1. The van der Waals surface area contributed by atoms with Crippen LogP contribution in [0.1, 0.15) is 30.1 Å². The van der Waals surface area contributed by atoms with E-state index in [-0.39, 0.29) is 6.10 Å². The van der Waals surface area contributed by atoms with Gasteiger partial charge in [-0.1, -0.05) is 6.07 Å². The van der Waals surface area contributed by atoms with Crippen LogP contribution in [-0.4, -0.2) is 36.7 Å². The Hall–Kier alpha value is -2.14. The molecule has 0 saturated carbocycles. The highest BCUT2D eigenvalue weighted by Crippen LogP contribution is 2.29. The maximum absolute atomic E-state index is 11.4. The van der Waals surface area contributed by atoms with Gasteiger partial charge in [-0.25, -0.2) is 0 Å². The van der Waals surface area contributed by atoms with E-state index in [1.54, 1.807) is 6.07 Å². The third kappa shape index (κ3) is 2.90. The lowest BCUT2D eigenvalue weighted by Gasteiger charge is -2.34. The number of aromatic nitrogens is 1. The summed E-state index contributed by atoms with van der Waals surface area (Å²) in [5.74, 6) is -0.407. The fraction of sp³-hybridized carbons (Fsp3) is 0.412. The second-order valence-corrected chi connectivity index (χ2v) is 5.62. The van der Waals surface area contributed by atoms with Crippen LogP contribution in [0, 0.1) is 0 Å². The minimum atomic E-state index is -0.407. The third-order valence-electron chi connectivity index (χ3n) is 4.15. The maximum Gasteiger partial charge on any atom is 0.248 e. The predicted octanol–water partition coefficient (Wildman–Crippen LogP) is 2.34. The molecule has 1 unspecified atom stereocenters. The number of benzene rings is 1. The molecule has 5 heteroatoms. The Morgan fingerprint density at radius 1 is 1.45 bits per heavy atom. The van der Waals surface area contributed by atoms with E-state index in [2.05, 4.69) is 9.88 Å². The van der Waals surface area contributed by atoms with E-state index in [0.717, 1.165) is 49.0 Å². The van der Waals surface area contributed by atoms with Crippen LogP contribution >= 0.6 is 0 Å². The highest BCUT2D eigenvalue weighted by molar-refractivity contribution is 6.01. The van der Waals surface area contributed by atoms with Crippen molar-refractivity contribution in [3.8, 4) is 0 Å². The molecule has 1 aliphatic heterocycles. The number of carbonyl (C=O) groups is 1. The van der Waals surface area contributed by atoms with Crippen LogP contribution in [0.2, 0.25) is 0 Å². The van der Waals surface area contributed by atoms with Gasteiger partial charge in [0.15, 0.2) is 0 Å². The number of rotatable bonds is 4. The first-order chi connectivity index (χ1) is 10.7. The van der Waals surface area contributed by atoms with Crippen molar-refractivity contribution < 1.29 is 9.53 Å². The van der Waals surface area contributed by atoms with Crippen LogP contribution < -0.4 is 10.6 Å². The number of pyridine rings is 1. The molecular weight excluding hydrogens is 278 g/mol. The van der Waals surface area contributed by atoms with Gasteiger partial charge in [-0.15, -0.1) is 0 Å². The zero-order chi connectivity index (χ0) is 15.5. The van der Waals surface area contributed by atoms with Gasteiger partial charge in [-0.05, 0) is 31.9 Å². The van der Waals surface area contributed by atoms with Crippen LogP contribution in [0.25, 0.3) is 10.8 Å². The molecule has 1 saturated heterocycles. The fourth-order valence-electron chi connectivity index (χ4n) is 3.08. The van der Waals surface area contributed by atoms with Crippen molar-refractivity contribution in [2.45, 2.75) is 25.9 Å². The van der Waals surface area contributed by atoms with E-state index in [1.165, 1.54) is 0 Å². The zero-order valence-corrected chi connectivity index (χ0v) is 12.8. The molecule has 1 atom stereocenters. The second kappa shape index (κ2) is 6.32. The molecule has 22 heavy (non-hydrogen) atoms. The molecule has 0 bridgehead atoms. The standard InChI is InChI=1S/C17H21N3O2/c1-2-22-14-4-3-7-20(11-14)16-10-19-9-13-6-5-12(17(18)21)8-15(13)16/h5-6,8-10,14H,2-4,7,11H2,1H3,(H2,18,21). The molecule has 1 aliphatic rings. The van der Waals surface area contributed by atoms with E-state index in [1.807, 2.05) is 31.5 Å². The van der Waals surface area contributed by atoms with Crippen molar-refractivity contribution in [2.75, 3.05) is 24.6 Å². The summed E-state index contributed by atoms with van der Waals surface area (Å²) in [4.78, 5) is 18.1. The van der Waals surface area contributed by atoms with Gasteiger partial charge < -0.3 is 15.4 Å². The number of anilines is 1. The maximum atomic E-state index is 11.4. The normalized spacial score (nSPS) is 18.6. The summed E-state index contributed by atoms with van der Waals surface area (Å²) >= 11 is 0. The lowest BCUT2D eigenvalue weighted by molar-refractivity contribution is 0.0527. The summed E-state index contributed by atoms with van der Waals surface area (Å²) in [6.45, 7) is 4.59. The van der Waals surface area contributed by atoms with Crippen molar-refractivity contribution in [3.05, 3.63) is 36.2 Å². The Morgan fingerprint density at radius 2 is 2.32 bits per heavy atom. The predicted molar refractivity (Wildman–Crippen MR) is 87.1 cm³/mol. The number of hydrogen-bond donors (Lipinski definition) is 1. The molecule has 2 N–H and O–H groups in total. The number of nitrogens with zero attached hydrogens (tertiary/aromatic N) is 2. The summed E-state index contributed by atoms with van der Waals surface area (Å²) in [5.41, 5.74) is 6.98. The van der Waals surface area contributed by atoms with E-state index >= 15 is 0 Å². The molecule has 1 aromatic heterocycles. The number of ether oxygens (including phenoxy) is 1. The highest BCUT2D eigenvalue weighted by Gasteiger charge is 2.22. The van der Waals surface area contributed by atoms with Crippen LogP contribution in [0.4, 0.5) is 5.69 Å². The Kier molecular flexibility index (Phi) is 4.24. The molecule has 0 aliphatic carbocycles. The molecule has 1 amide bonds. The lowest BCUT2D eigenvalue weighted by atomic mass is 10.0. The average molecular weight is 299 g/mol. The van der Waals surface area contributed by atoms with Crippen LogP contribution in [0.15, 0.2) is 30.6 Å². The molecular formula is C17H21N3O2. The van der Waals surface area contributed by atoms with Gasteiger partial charge in [0, 0.05) is 42.2 Å².